The molecule has 13 nitrogen and oxygen atoms in total. The highest BCUT2D eigenvalue weighted by Crippen LogP contribution is 2.37. The topological polar surface area (TPSA) is 152 Å². The minimum Gasteiger partial charge on any atom is -0.403 e. The maximum atomic E-state index is 13.5. The lowest BCUT2D eigenvalue weighted by Crippen LogP contribution is -2.63. The molecule has 0 heterocycles. The van der Waals surface area contributed by atoms with Gasteiger partial charge < -0.3 is 53.1 Å². The van der Waals surface area contributed by atoms with E-state index in [0.717, 1.165) is 0 Å². The van der Waals surface area contributed by atoms with Crippen LogP contribution in [0.3, 0.4) is 0 Å². The van der Waals surface area contributed by atoms with Crippen LogP contribution in [0.1, 0.15) is 121 Å². The average Bonchev–Trinajstić information content (AvgIpc) is 3.04. The molecule has 0 aromatic carbocycles. The Hall–Kier alpha value is -1.42. The molecular formula is C33H65NO12. The number of hydrogen-bond donors (Lipinski definition) is 1. The average molecular weight is 668 g/mol. The molecule has 0 saturated carbocycles. The normalized spacial score (nSPS) is 15.6. The van der Waals surface area contributed by atoms with Crippen LogP contribution in [0.5, 0.6) is 0 Å². The number of esters is 2. The van der Waals surface area contributed by atoms with E-state index in [0.29, 0.717) is 51.7 Å². The SMILES string of the molecule is CCCOC(C)(OCC)C(OCCC)(OCCC)OC(=O)CC[C@H](N)C(=O)OC(OCCC)(OCCC)C(C)(OCC)OCCC. The fourth-order valence-electron chi connectivity index (χ4n) is 4.24. The van der Waals surface area contributed by atoms with Gasteiger partial charge in [-0.15, -0.1) is 0 Å². The van der Waals surface area contributed by atoms with E-state index in [-0.39, 0.29) is 52.5 Å². The highest BCUT2D eigenvalue weighted by atomic mass is 16.9. The molecule has 0 aromatic rings. The van der Waals surface area contributed by atoms with Gasteiger partial charge in [-0.25, -0.2) is 0 Å². The van der Waals surface area contributed by atoms with E-state index in [9.17, 15) is 9.59 Å². The predicted molar refractivity (Wildman–Crippen MR) is 172 cm³/mol. The molecule has 46 heavy (non-hydrogen) atoms. The molecule has 3 atom stereocenters. The van der Waals surface area contributed by atoms with Crippen molar-refractivity contribution in [1.29, 1.82) is 0 Å². The Balaban J connectivity index is 6.19. The van der Waals surface area contributed by atoms with Gasteiger partial charge in [0, 0.05) is 19.6 Å². The van der Waals surface area contributed by atoms with E-state index in [4.69, 9.17) is 53.1 Å². The molecule has 0 spiro atoms. The first-order valence-corrected chi connectivity index (χ1v) is 17.2. The van der Waals surface area contributed by atoms with Gasteiger partial charge in [-0.1, -0.05) is 41.5 Å². The van der Waals surface area contributed by atoms with E-state index in [1.54, 1.807) is 27.7 Å². The molecule has 0 fully saturated rings. The first-order valence-electron chi connectivity index (χ1n) is 17.2. The summed E-state index contributed by atoms with van der Waals surface area (Å²) in [4.78, 5) is 26.9. The summed E-state index contributed by atoms with van der Waals surface area (Å²) < 4.78 is 60.0. The lowest BCUT2D eigenvalue weighted by atomic mass is 10.1. The number of ether oxygens (including phenoxy) is 10. The molecule has 13 heteroatoms. The predicted octanol–water partition coefficient (Wildman–Crippen LogP) is 5.55. The molecule has 0 rings (SSSR count). The maximum Gasteiger partial charge on any atom is 0.386 e. The van der Waals surface area contributed by atoms with Crippen LogP contribution in [0.25, 0.3) is 0 Å². The van der Waals surface area contributed by atoms with Crippen molar-refractivity contribution >= 4 is 11.9 Å². The summed E-state index contributed by atoms with van der Waals surface area (Å²) in [5.41, 5.74) is 6.28. The number of carbonyl (C=O) groups excluding carboxylic acids is 2. The zero-order valence-corrected chi connectivity index (χ0v) is 30.4. The molecule has 0 saturated heterocycles. The molecule has 0 aliphatic carbocycles. The number of nitrogens with two attached hydrogens (primary N) is 1. The molecule has 2 unspecified atom stereocenters. The van der Waals surface area contributed by atoms with E-state index < -0.39 is 41.5 Å². The zero-order chi connectivity index (χ0) is 35.1. The van der Waals surface area contributed by atoms with Gasteiger partial charge >= 0.3 is 23.9 Å². The van der Waals surface area contributed by atoms with Gasteiger partial charge in [0.25, 0.3) is 11.6 Å². The van der Waals surface area contributed by atoms with Crippen molar-refractivity contribution in [1.82, 2.24) is 0 Å². The molecule has 0 amide bonds. The molecule has 0 radical (unpaired) electrons. The van der Waals surface area contributed by atoms with Crippen LogP contribution in [-0.4, -0.2) is 94.4 Å². The van der Waals surface area contributed by atoms with Gasteiger partial charge in [0.2, 0.25) is 0 Å². The lowest BCUT2D eigenvalue weighted by Gasteiger charge is -2.45. The Labute approximate surface area is 277 Å². The molecule has 0 bridgehead atoms. The Bertz CT molecular complexity index is 800. The Morgan fingerprint density at radius 2 is 0.848 bits per heavy atom. The second-order valence-corrected chi connectivity index (χ2v) is 11.0. The summed E-state index contributed by atoms with van der Waals surface area (Å²) in [6, 6.07) is -1.25. The molecule has 0 aromatic heterocycles. The highest BCUT2D eigenvalue weighted by Gasteiger charge is 2.59. The van der Waals surface area contributed by atoms with Crippen molar-refractivity contribution in [2.45, 2.75) is 150 Å². The third-order valence-electron chi connectivity index (χ3n) is 6.55. The molecular weight excluding hydrogens is 602 g/mol. The van der Waals surface area contributed by atoms with Crippen molar-refractivity contribution in [3.8, 4) is 0 Å². The van der Waals surface area contributed by atoms with Crippen molar-refractivity contribution in [3.05, 3.63) is 0 Å². The monoisotopic (exact) mass is 667 g/mol. The first-order chi connectivity index (χ1) is 21.9. The van der Waals surface area contributed by atoms with Gasteiger partial charge in [0.15, 0.2) is 0 Å². The van der Waals surface area contributed by atoms with E-state index >= 15 is 0 Å². The van der Waals surface area contributed by atoms with Gasteiger partial charge in [-0.05, 0) is 72.6 Å². The molecule has 274 valence electrons. The smallest absolute Gasteiger partial charge is 0.386 e. The van der Waals surface area contributed by atoms with Gasteiger partial charge in [0.05, 0.1) is 39.6 Å². The summed E-state index contributed by atoms with van der Waals surface area (Å²) in [6.07, 6.45) is 3.40. The third-order valence-corrected chi connectivity index (χ3v) is 6.55. The Morgan fingerprint density at radius 1 is 0.522 bits per heavy atom. The largest absolute Gasteiger partial charge is 0.403 e. The van der Waals surface area contributed by atoms with Crippen molar-refractivity contribution in [2.75, 3.05) is 52.9 Å². The zero-order valence-electron chi connectivity index (χ0n) is 30.4. The lowest BCUT2D eigenvalue weighted by molar-refractivity contribution is -0.480. The summed E-state index contributed by atoms with van der Waals surface area (Å²) >= 11 is 0. The third kappa shape index (κ3) is 13.6. The molecule has 2 N–H and O–H groups in total. The number of carbonyl (C=O) groups is 2. The van der Waals surface area contributed by atoms with Crippen molar-refractivity contribution in [2.24, 2.45) is 5.73 Å². The van der Waals surface area contributed by atoms with Crippen LogP contribution >= 0.6 is 0 Å². The van der Waals surface area contributed by atoms with Gasteiger partial charge in [-0.2, -0.15) is 0 Å². The second-order valence-electron chi connectivity index (χ2n) is 11.0. The molecule has 0 aliphatic heterocycles. The Morgan fingerprint density at radius 3 is 1.17 bits per heavy atom. The number of rotatable bonds is 30. The van der Waals surface area contributed by atoms with Crippen molar-refractivity contribution < 1.29 is 57.0 Å². The quantitative estimate of drug-likeness (QED) is 0.0753. The van der Waals surface area contributed by atoms with E-state index in [1.807, 2.05) is 41.5 Å². The minimum absolute atomic E-state index is 0.130. The van der Waals surface area contributed by atoms with Gasteiger partial charge in [-0.3, -0.25) is 9.59 Å². The summed E-state index contributed by atoms with van der Waals surface area (Å²) in [5, 5.41) is 0. The van der Waals surface area contributed by atoms with Crippen LogP contribution in [0.4, 0.5) is 0 Å². The first kappa shape index (κ1) is 44.6. The Kier molecular flexibility index (Phi) is 23.1. The molecule has 0 aliphatic rings. The summed E-state index contributed by atoms with van der Waals surface area (Å²) in [7, 11) is 0. The number of hydrogen-bond acceptors (Lipinski definition) is 13. The van der Waals surface area contributed by atoms with Crippen molar-refractivity contribution in [3.63, 3.8) is 0 Å². The van der Waals surface area contributed by atoms with Crippen LogP contribution in [0, 0.1) is 0 Å². The van der Waals surface area contributed by atoms with Crippen LogP contribution < -0.4 is 5.73 Å². The van der Waals surface area contributed by atoms with Gasteiger partial charge in [0.1, 0.15) is 6.04 Å². The maximum absolute atomic E-state index is 13.5. The summed E-state index contributed by atoms with van der Waals surface area (Å²) in [5.74, 6) is -8.83. The second kappa shape index (κ2) is 23.8. The van der Waals surface area contributed by atoms with E-state index in [2.05, 4.69) is 0 Å². The fourth-order valence-corrected chi connectivity index (χ4v) is 4.24. The summed E-state index contributed by atoms with van der Waals surface area (Å²) in [6.45, 7) is 20.2. The van der Waals surface area contributed by atoms with E-state index in [1.165, 1.54) is 0 Å². The minimum atomic E-state index is -2.05. The highest BCUT2D eigenvalue weighted by molar-refractivity contribution is 5.77. The van der Waals surface area contributed by atoms with Crippen LogP contribution in [-0.2, 0) is 57.0 Å². The standard InChI is InChI=1S/C33H65NO12/c1-11-21-39-30(9,37-17-7)32(41-23-13-3,42-24-14-4)45-28(35)20-19-27(34)29(36)46-33(43-25-15-5,44-26-16-6)31(10,38-18-8)40-22-12-2/h27H,11-26,34H2,1-10H3/t27-,30?,31?/m0/s1. The fraction of sp³-hybridized carbons (Fsp3) is 0.939. The van der Waals surface area contributed by atoms with Crippen LogP contribution in [0.2, 0.25) is 0 Å². The van der Waals surface area contributed by atoms with Crippen LogP contribution in [0.15, 0.2) is 0 Å².